The fraction of sp³-hybridized carbons (Fsp3) is 0.500. The monoisotopic (exact) mass is 198 g/mol. The van der Waals surface area contributed by atoms with Crippen LogP contribution < -0.4 is 0 Å². The van der Waals surface area contributed by atoms with Crippen LogP contribution in [0.4, 0.5) is 0 Å². The van der Waals surface area contributed by atoms with Gasteiger partial charge >= 0.3 is 0 Å². The lowest BCUT2D eigenvalue weighted by Gasteiger charge is -2.11. The molecule has 0 aliphatic carbocycles. The highest BCUT2D eigenvalue weighted by atomic mass is 32.1. The van der Waals surface area contributed by atoms with E-state index in [0.717, 1.165) is 4.88 Å². The number of hydrogen-bond acceptors (Lipinski definition) is 3. The number of carbonyl (C=O) groups is 1. The highest BCUT2D eigenvalue weighted by molar-refractivity contribution is 7.14. The van der Waals surface area contributed by atoms with E-state index in [1.165, 1.54) is 11.3 Å². The SMILES string of the molecule is Cc1ccc(C(=O)C(O)C(C)C)s1. The number of carbonyl (C=O) groups excluding carboxylic acids is 1. The zero-order valence-electron chi connectivity index (χ0n) is 8.07. The molecule has 1 atom stereocenters. The van der Waals surface area contributed by atoms with Gasteiger partial charge in [0.15, 0.2) is 0 Å². The fourth-order valence-electron chi connectivity index (χ4n) is 1.02. The maximum absolute atomic E-state index is 11.6. The molecule has 0 radical (unpaired) electrons. The normalized spacial score (nSPS) is 13.3. The molecular weight excluding hydrogens is 184 g/mol. The topological polar surface area (TPSA) is 37.3 Å². The van der Waals surface area contributed by atoms with Gasteiger partial charge in [0, 0.05) is 4.88 Å². The molecule has 0 saturated carbocycles. The maximum Gasteiger partial charge on any atom is 0.201 e. The van der Waals surface area contributed by atoms with Gasteiger partial charge in [-0.3, -0.25) is 4.79 Å². The van der Waals surface area contributed by atoms with Gasteiger partial charge in [0.2, 0.25) is 5.78 Å². The minimum absolute atomic E-state index is 0.0186. The van der Waals surface area contributed by atoms with E-state index in [1.54, 1.807) is 6.07 Å². The lowest BCUT2D eigenvalue weighted by molar-refractivity contribution is 0.0652. The lowest BCUT2D eigenvalue weighted by atomic mass is 10.0. The predicted molar refractivity (Wildman–Crippen MR) is 54.2 cm³/mol. The van der Waals surface area contributed by atoms with E-state index in [-0.39, 0.29) is 11.7 Å². The van der Waals surface area contributed by atoms with Crippen molar-refractivity contribution < 1.29 is 9.90 Å². The molecule has 0 aliphatic heterocycles. The van der Waals surface area contributed by atoms with E-state index in [4.69, 9.17) is 0 Å². The quantitative estimate of drug-likeness (QED) is 0.756. The van der Waals surface area contributed by atoms with E-state index < -0.39 is 6.10 Å². The van der Waals surface area contributed by atoms with E-state index >= 15 is 0 Å². The molecule has 72 valence electrons. The summed E-state index contributed by atoms with van der Waals surface area (Å²) in [5, 5.41) is 9.51. The Labute approximate surface area is 82.2 Å². The Morgan fingerprint density at radius 2 is 2.08 bits per heavy atom. The van der Waals surface area contributed by atoms with E-state index in [2.05, 4.69) is 0 Å². The molecule has 2 nitrogen and oxygen atoms in total. The standard InChI is InChI=1S/C10H14O2S/c1-6(2)9(11)10(12)8-5-4-7(3)13-8/h4-6,9,11H,1-3H3. The largest absolute Gasteiger partial charge is 0.385 e. The summed E-state index contributed by atoms with van der Waals surface area (Å²) in [5.74, 6) is -0.178. The molecule has 1 N–H and O–H groups in total. The van der Waals surface area contributed by atoms with Gasteiger partial charge in [-0.15, -0.1) is 11.3 Å². The molecular formula is C10H14O2S. The van der Waals surface area contributed by atoms with Crippen LogP contribution in [0, 0.1) is 12.8 Å². The van der Waals surface area contributed by atoms with E-state index in [0.29, 0.717) is 4.88 Å². The van der Waals surface area contributed by atoms with Crippen LogP contribution in [0.1, 0.15) is 28.4 Å². The van der Waals surface area contributed by atoms with Gasteiger partial charge < -0.3 is 5.11 Å². The maximum atomic E-state index is 11.6. The van der Waals surface area contributed by atoms with Crippen molar-refractivity contribution in [2.45, 2.75) is 26.9 Å². The first-order chi connectivity index (χ1) is 6.02. The van der Waals surface area contributed by atoms with Crippen LogP contribution in [0.3, 0.4) is 0 Å². The van der Waals surface area contributed by atoms with E-state index in [1.807, 2.05) is 26.8 Å². The summed E-state index contributed by atoms with van der Waals surface area (Å²) >= 11 is 1.43. The Hall–Kier alpha value is -0.670. The van der Waals surface area contributed by atoms with Crippen LogP contribution in [-0.2, 0) is 0 Å². The summed E-state index contributed by atoms with van der Waals surface area (Å²) in [6.45, 7) is 5.62. The Balaban J connectivity index is 2.79. The van der Waals surface area contributed by atoms with Crippen LogP contribution in [0.15, 0.2) is 12.1 Å². The molecule has 1 rings (SSSR count). The number of thiophene rings is 1. The first-order valence-electron chi connectivity index (χ1n) is 4.31. The van der Waals surface area contributed by atoms with Crippen molar-refractivity contribution in [3.05, 3.63) is 21.9 Å². The second-order valence-corrected chi connectivity index (χ2v) is 4.75. The zero-order valence-corrected chi connectivity index (χ0v) is 8.89. The van der Waals surface area contributed by atoms with Crippen molar-refractivity contribution >= 4 is 17.1 Å². The highest BCUT2D eigenvalue weighted by Gasteiger charge is 2.21. The van der Waals surface area contributed by atoms with Gasteiger partial charge in [0.1, 0.15) is 6.10 Å². The number of aliphatic hydroxyl groups excluding tert-OH is 1. The summed E-state index contributed by atoms with van der Waals surface area (Å²) < 4.78 is 0. The number of aliphatic hydroxyl groups is 1. The molecule has 13 heavy (non-hydrogen) atoms. The van der Waals surface area contributed by atoms with E-state index in [9.17, 15) is 9.90 Å². The Morgan fingerprint density at radius 1 is 1.46 bits per heavy atom. The van der Waals surface area contributed by atoms with Crippen LogP contribution in [0.5, 0.6) is 0 Å². The van der Waals surface area contributed by atoms with Crippen molar-refractivity contribution in [3.8, 4) is 0 Å². The van der Waals surface area contributed by atoms with Gasteiger partial charge in [-0.1, -0.05) is 13.8 Å². The Kier molecular flexibility index (Phi) is 3.22. The molecule has 1 aromatic rings. The van der Waals surface area contributed by atoms with Crippen molar-refractivity contribution in [2.24, 2.45) is 5.92 Å². The Bertz CT molecular complexity index is 302. The number of rotatable bonds is 3. The number of Topliss-reactive ketones (excluding diaryl/α,β-unsaturated/α-hetero) is 1. The molecule has 0 saturated heterocycles. The molecule has 1 heterocycles. The molecule has 1 aromatic heterocycles. The molecule has 0 aliphatic rings. The average molecular weight is 198 g/mol. The second-order valence-electron chi connectivity index (χ2n) is 3.46. The molecule has 0 fully saturated rings. The number of aryl methyl sites for hydroxylation is 1. The molecule has 1 unspecified atom stereocenters. The van der Waals surface area contributed by atoms with Gasteiger partial charge in [-0.05, 0) is 25.0 Å². The minimum atomic E-state index is -0.863. The van der Waals surface area contributed by atoms with Gasteiger partial charge in [-0.25, -0.2) is 0 Å². The fourth-order valence-corrected chi connectivity index (χ4v) is 1.86. The molecule has 0 amide bonds. The van der Waals surface area contributed by atoms with Crippen molar-refractivity contribution in [1.82, 2.24) is 0 Å². The second kappa shape index (κ2) is 4.03. The molecule has 0 bridgehead atoms. The third-order valence-corrected chi connectivity index (χ3v) is 2.90. The summed E-state index contributed by atoms with van der Waals surface area (Å²) in [4.78, 5) is 13.3. The third-order valence-electron chi connectivity index (χ3n) is 1.88. The van der Waals surface area contributed by atoms with Crippen molar-refractivity contribution in [1.29, 1.82) is 0 Å². The number of ketones is 1. The first kappa shape index (κ1) is 10.4. The molecule has 3 heteroatoms. The van der Waals surface area contributed by atoms with Gasteiger partial charge in [0.05, 0.1) is 4.88 Å². The average Bonchev–Trinajstić information content (AvgIpc) is 2.49. The van der Waals surface area contributed by atoms with Crippen molar-refractivity contribution in [3.63, 3.8) is 0 Å². The molecule has 0 aromatic carbocycles. The van der Waals surface area contributed by atoms with Gasteiger partial charge in [0.25, 0.3) is 0 Å². The zero-order chi connectivity index (χ0) is 10.0. The summed E-state index contributed by atoms with van der Waals surface area (Å²) in [6.07, 6.45) is -0.863. The van der Waals surface area contributed by atoms with Crippen LogP contribution >= 0.6 is 11.3 Å². The van der Waals surface area contributed by atoms with Crippen LogP contribution in [-0.4, -0.2) is 17.0 Å². The third kappa shape index (κ3) is 2.39. The highest BCUT2D eigenvalue weighted by Crippen LogP contribution is 2.18. The van der Waals surface area contributed by atoms with Gasteiger partial charge in [-0.2, -0.15) is 0 Å². The number of hydrogen-bond donors (Lipinski definition) is 1. The van der Waals surface area contributed by atoms with Crippen LogP contribution in [0.25, 0.3) is 0 Å². The minimum Gasteiger partial charge on any atom is -0.385 e. The summed E-state index contributed by atoms with van der Waals surface area (Å²) in [5.41, 5.74) is 0. The summed E-state index contributed by atoms with van der Waals surface area (Å²) in [7, 11) is 0. The Morgan fingerprint density at radius 3 is 2.46 bits per heavy atom. The first-order valence-corrected chi connectivity index (χ1v) is 5.12. The van der Waals surface area contributed by atoms with Crippen molar-refractivity contribution in [2.75, 3.05) is 0 Å². The smallest absolute Gasteiger partial charge is 0.201 e. The predicted octanol–water partition coefficient (Wildman–Crippen LogP) is 2.26. The van der Waals surface area contributed by atoms with Crippen LogP contribution in [0.2, 0.25) is 0 Å². The molecule has 0 spiro atoms. The lowest BCUT2D eigenvalue weighted by Crippen LogP contribution is -2.25. The summed E-state index contributed by atoms with van der Waals surface area (Å²) in [6, 6.07) is 3.67.